The van der Waals surface area contributed by atoms with Crippen molar-refractivity contribution >= 4 is 22.7 Å². The van der Waals surface area contributed by atoms with E-state index in [-0.39, 0.29) is 5.97 Å². The van der Waals surface area contributed by atoms with E-state index in [9.17, 15) is 4.79 Å². The molecule has 0 saturated carbocycles. The maximum Gasteiger partial charge on any atom is 0.307 e. The molecule has 142 valence electrons. The van der Waals surface area contributed by atoms with Gasteiger partial charge in [-0.25, -0.2) is 4.98 Å². The van der Waals surface area contributed by atoms with E-state index in [4.69, 9.17) is 9.47 Å². The zero-order chi connectivity index (χ0) is 18.9. The molecule has 0 aliphatic rings. The molecule has 0 spiro atoms. The van der Waals surface area contributed by atoms with E-state index in [1.54, 1.807) is 6.20 Å². The number of pyridine rings is 1. The smallest absolute Gasteiger partial charge is 0.307 e. The Labute approximate surface area is 159 Å². The number of rotatable bonds is 10. The van der Waals surface area contributed by atoms with E-state index in [1.165, 1.54) is 0 Å². The first-order valence-electron chi connectivity index (χ1n) is 9.28. The van der Waals surface area contributed by atoms with Gasteiger partial charge >= 0.3 is 5.97 Å². The summed E-state index contributed by atoms with van der Waals surface area (Å²) in [6.45, 7) is 4.29. The van der Waals surface area contributed by atoms with Crippen LogP contribution in [0.1, 0.15) is 19.8 Å². The number of carbonyl (C=O) groups excluding carboxylic acids is 1. The maximum absolute atomic E-state index is 11.5. The molecule has 2 heterocycles. The highest BCUT2D eigenvalue weighted by molar-refractivity contribution is 5.82. The molecular weight excluding hydrogens is 342 g/mol. The second kappa shape index (κ2) is 9.62. The standard InChI is InChI=1S/C21H25N3O3/c1-2-26-21(25)10-14-24-13-9-17-16-18(7-8-19(17)24)27-15-5-12-23-20-6-3-4-11-22-20/h3-4,6-9,11,13,16H,2,5,10,12,14-15H2,1H3,(H,22,23). The van der Waals surface area contributed by atoms with Gasteiger partial charge in [-0.05, 0) is 49.7 Å². The van der Waals surface area contributed by atoms with Crippen LogP contribution in [0.25, 0.3) is 10.9 Å². The Morgan fingerprint density at radius 2 is 2.15 bits per heavy atom. The summed E-state index contributed by atoms with van der Waals surface area (Å²) < 4.78 is 12.9. The van der Waals surface area contributed by atoms with Crippen LogP contribution in [0.5, 0.6) is 5.75 Å². The first kappa shape index (κ1) is 18.8. The van der Waals surface area contributed by atoms with Crippen molar-refractivity contribution in [3.63, 3.8) is 0 Å². The highest BCUT2D eigenvalue weighted by Crippen LogP contribution is 2.22. The van der Waals surface area contributed by atoms with E-state index in [0.29, 0.717) is 26.2 Å². The number of esters is 1. The van der Waals surface area contributed by atoms with Gasteiger partial charge in [-0.15, -0.1) is 0 Å². The van der Waals surface area contributed by atoms with E-state index in [2.05, 4.69) is 14.9 Å². The Balaban J connectivity index is 1.46. The number of nitrogens with one attached hydrogen (secondary N) is 1. The van der Waals surface area contributed by atoms with Gasteiger partial charge in [-0.2, -0.15) is 0 Å². The molecule has 0 radical (unpaired) electrons. The third-order valence-corrected chi connectivity index (χ3v) is 4.17. The molecule has 0 saturated heterocycles. The summed E-state index contributed by atoms with van der Waals surface area (Å²) in [6.07, 6.45) is 5.02. The third kappa shape index (κ3) is 5.48. The number of ether oxygens (including phenoxy) is 2. The van der Waals surface area contributed by atoms with Gasteiger partial charge in [0.25, 0.3) is 0 Å². The summed E-state index contributed by atoms with van der Waals surface area (Å²) in [6, 6.07) is 13.9. The fourth-order valence-electron chi connectivity index (χ4n) is 2.85. The van der Waals surface area contributed by atoms with Crippen LogP contribution < -0.4 is 10.1 Å². The maximum atomic E-state index is 11.5. The fourth-order valence-corrected chi connectivity index (χ4v) is 2.85. The van der Waals surface area contributed by atoms with Crippen molar-refractivity contribution < 1.29 is 14.3 Å². The highest BCUT2D eigenvalue weighted by Gasteiger charge is 2.06. The van der Waals surface area contributed by atoms with Crippen LogP contribution in [0.3, 0.4) is 0 Å². The number of anilines is 1. The lowest BCUT2D eigenvalue weighted by molar-refractivity contribution is -0.143. The van der Waals surface area contributed by atoms with Gasteiger partial charge in [-0.3, -0.25) is 4.79 Å². The van der Waals surface area contributed by atoms with Gasteiger partial charge in [0, 0.05) is 36.4 Å². The SMILES string of the molecule is CCOC(=O)CCn1ccc2cc(OCCCNc3ccccn3)ccc21. The highest BCUT2D eigenvalue weighted by atomic mass is 16.5. The first-order valence-corrected chi connectivity index (χ1v) is 9.28. The molecular formula is C21H25N3O3. The summed E-state index contributed by atoms with van der Waals surface area (Å²) in [5.74, 6) is 1.56. The summed E-state index contributed by atoms with van der Waals surface area (Å²) in [5.41, 5.74) is 1.09. The van der Waals surface area contributed by atoms with E-state index in [0.717, 1.165) is 35.4 Å². The lowest BCUT2D eigenvalue weighted by Gasteiger charge is -2.09. The van der Waals surface area contributed by atoms with Gasteiger partial charge in [0.05, 0.1) is 19.6 Å². The predicted molar refractivity (Wildman–Crippen MR) is 106 cm³/mol. The Bertz CT molecular complexity index is 861. The number of hydrogen-bond donors (Lipinski definition) is 1. The second-order valence-corrected chi connectivity index (χ2v) is 6.13. The summed E-state index contributed by atoms with van der Waals surface area (Å²) in [4.78, 5) is 15.7. The molecule has 0 aliphatic heterocycles. The molecule has 1 aromatic carbocycles. The molecule has 0 aliphatic carbocycles. The molecule has 3 rings (SSSR count). The zero-order valence-corrected chi connectivity index (χ0v) is 15.6. The monoisotopic (exact) mass is 367 g/mol. The van der Waals surface area contributed by atoms with E-state index >= 15 is 0 Å². The normalized spacial score (nSPS) is 10.7. The van der Waals surface area contributed by atoms with Crippen molar-refractivity contribution in [1.29, 1.82) is 0 Å². The molecule has 0 atom stereocenters. The number of aromatic nitrogens is 2. The Kier molecular flexibility index (Phi) is 6.68. The predicted octanol–water partition coefficient (Wildman–Crippen LogP) is 3.87. The van der Waals surface area contributed by atoms with Gasteiger partial charge in [0.1, 0.15) is 11.6 Å². The summed E-state index contributed by atoms with van der Waals surface area (Å²) in [7, 11) is 0. The van der Waals surface area contributed by atoms with Crippen LogP contribution >= 0.6 is 0 Å². The van der Waals surface area contributed by atoms with Crippen LogP contribution in [-0.4, -0.2) is 35.3 Å². The van der Waals surface area contributed by atoms with Gasteiger partial charge in [0.2, 0.25) is 0 Å². The minimum absolute atomic E-state index is 0.168. The Hall–Kier alpha value is -3.02. The van der Waals surface area contributed by atoms with Gasteiger partial charge < -0.3 is 19.4 Å². The molecule has 1 N–H and O–H groups in total. The molecule has 3 aromatic rings. The van der Waals surface area contributed by atoms with Crippen molar-refractivity contribution in [2.24, 2.45) is 0 Å². The molecule has 27 heavy (non-hydrogen) atoms. The zero-order valence-electron chi connectivity index (χ0n) is 15.6. The lowest BCUT2D eigenvalue weighted by atomic mass is 10.2. The van der Waals surface area contributed by atoms with Gasteiger partial charge in [-0.1, -0.05) is 6.07 Å². The molecule has 2 aromatic heterocycles. The number of nitrogens with zero attached hydrogens (tertiary/aromatic N) is 2. The minimum Gasteiger partial charge on any atom is -0.494 e. The van der Waals surface area contributed by atoms with Crippen molar-refractivity contribution in [2.45, 2.75) is 26.3 Å². The third-order valence-electron chi connectivity index (χ3n) is 4.17. The second-order valence-electron chi connectivity index (χ2n) is 6.13. The lowest BCUT2D eigenvalue weighted by Crippen LogP contribution is -2.08. The molecule has 0 unspecified atom stereocenters. The van der Waals surface area contributed by atoms with Crippen molar-refractivity contribution in [1.82, 2.24) is 9.55 Å². The van der Waals surface area contributed by atoms with Crippen LogP contribution in [0.15, 0.2) is 54.9 Å². The molecule has 0 fully saturated rings. The quantitative estimate of drug-likeness (QED) is 0.435. The first-order chi connectivity index (χ1) is 13.3. The van der Waals surface area contributed by atoms with Crippen LogP contribution in [-0.2, 0) is 16.1 Å². The van der Waals surface area contributed by atoms with Crippen LogP contribution in [0, 0.1) is 0 Å². The van der Waals surface area contributed by atoms with E-state index < -0.39 is 0 Å². The fraction of sp³-hybridized carbons (Fsp3) is 0.333. The summed E-state index contributed by atoms with van der Waals surface area (Å²) >= 11 is 0. The number of fused-ring (bicyclic) bond motifs is 1. The number of carbonyl (C=O) groups is 1. The van der Waals surface area contributed by atoms with Crippen LogP contribution in [0.2, 0.25) is 0 Å². The van der Waals surface area contributed by atoms with Crippen molar-refractivity contribution in [2.75, 3.05) is 25.1 Å². The van der Waals surface area contributed by atoms with Crippen LogP contribution in [0.4, 0.5) is 5.82 Å². The topological polar surface area (TPSA) is 65.4 Å². The Morgan fingerprint density at radius 3 is 2.96 bits per heavy atom. The van der Waals surface area contributed by atoms with Crippen molar-refractivity contribution in [3.8, 4) is 5.75 Å². The van der Waals surface area contributed by atoms with E-state index in [1.807, 2.05) is 55.6 Å². The number of hydrogen-bond acceptors (Lipinski definition) is 5. The Morgan fingerprint density at radius 1 is 1.22 bits per heavy atom. The summed E-state index contributed by atoms with van der Waals surface area (Å²) in [5, 5.41) is 4.36. The van der Waals surface area contributed by atoms with Gasteiger partial charge in [0.15, 0.2) is 0 Å². The average molecular weight is 367 g/mol. The van der Waals surface area contributed by atoms with Crippen molar-refractivity contribution in [3.05, 3.63) is 54.9 Å². The molecule has 0 amide bonds. The molecule has 0 bridgehead atoms. The minimum atomic E-state index is -0.168. The molecule has 6 nitrogen and oxygen atoms in total. The largest absolute Gasteiger partial charge is 0.494 e. The number of aryl methyl sites for hydroxylation is 1. The average Bonchev–Trinajstić information content (AvgIpc) is 3.09. The molecule has 6 heteroatoms. The number of benzene rings is 1.